The molecule has 6 aliphatic rings. The maximum atomic E-state index is 15.7. The molecule has 15 heterocycles. The molecule has 0 spiro atoms. The van der Waals surface area contributed by atoms with E-state index in [-0.39, 0.29) is 35.5 Å². The van der Waals surface area contributed by atoms with E-state index in [0.29, 0.717) is 83.5 Å². The number of unbranched alkanes of at least 4 members (excludes halogenated alkanes) is 12. The summed E-state index contributed by atoms with van der Waals surface area (Å²) in [6.07, 6.45) is 46.8. The van der Waals surface area contributed by atoms with E-state index >= 15 is 19.2 Å². The Balaban J connectivity index is 0.920. The van der Waals surface area contributed by atoms with Gasteiger partial charge in [0.2, 0.25) is 0 Å². The lowest BCUT2D eigenvalue weighted by molar-refractivity contribution is -0.124. The standard InChI is InChI=1S/C116H142N8O4S6/c1-13-25-33-35-45-81(43-31-19-7)71-85-53-65-97(133-85)103-93-61-57-89(117-93)87(55-49-83-51-67-101(131-83)111-107-105(113(125)123(111)75-79(23-11)41-29-17-5)109(99-47-37-69-129-99)121(115(107)127)73-77(21-9)39-27-15-3)91-59-63-95(119-91)104(98-66-54-86(134-98)72-82(44-32-20-8)46-36-34-26-14-2)96-64-60-92(120-96)88(90-58-62-94(103)118-90)56-50-84-52-68-102(132-84)112-108-106(114(126)124(112)76-80(24-12)42-30-18-6)110(100-48-38-70-130-100)122(116(108)128)74-78(22-10)40-28-16-4/h37-38,47-48,51-54,57-70,77-82,117,120H,13-36,39-46,71-76H2,1-12H3. The third-order valence-electron chi connectivity index (χ3n) is 28.5. The normalized spacial score (nSPS) is 15.7. The maximum Gasteiger partial charge on any atom is 0.261 e. The zero-order chi connectivity index (χ0) is 93.7. The predicted octanol–water partition coefficient (Wildman–Crippen LogP) is 32.3. The summed E-state index contributed by atoms with van der Waals surface area (Å²) in [5.41, 5.74) is 15.0. The minimum atomic E-state index is -0.0836. The van der Waals surface area contributed by atoms with Gasteiger partial charge in [-0.25, -0.2) is 9.97 Å². The van der Waals surface area contributed by atoms with Crippen LogP contribution in [0.2, 0.25) is 0 Å². The zero-order valence-corrected chi connectivity index (χ0v) is 86.7. The van der Waals surface area contributed by atoms with E-state index in [9.17, 15) is 0 Å². The SMILES string of the molecule is CCCCCCC(CCCC)Cc1ccc(-c2c3nc(c(C#Cc4ccc(C5=C6C(=O)N(CC(CC)CCCC)C(c7cccs7)=C6C(=O)N5CC(CC)CCCC)s4)c4ccc([nH]4)c(-c4ccc(CC(CCCC)CCCCCC)s4)c4nc(c(C#Cc5ccc(C6=C7C(=O)N(CC(CC)CCCC)C(c8cccs8)=C7C(=O)N6CC(CC)CCCC)s5)c5ccc2[nH]5)C=C4)C=C3)s1. The highest BCUT2D eigenvalue weighted by Crippen LogP contribution is 2.53. The molecule has 0 saturated heterocycles. The Morgan fingerprint density at radius 3 is 0.925 bits per heavy atom. The summed E-state index contributed by atoms with van der Waals surface area (Å²) in [6, 6.07) is 34.7. The van der Waals surface area contributed by atoms with Gasteiger partial charge in [-0.1, -0.05) is 299 Å². The van der Waals surface area contributed by atoms with Crippen LogP contribution in [0.1, 0.15) is 361 Å². The molecule has 0 aliphatic carbocycles. The number of hydrogen-bond donors (Lipinski definition) is 2. The largest absolute Gasteiger partial charge is 0.354 e. The number of aromatic nitrogens is 4. The smallest absolute Gasteiger partial charge is 0.261 e. The molecular formula is C116H142N8O4S6. The van der Waals surface area contributed by atoms with E-state index in [2.05, 4.69) is 237 Å². The van der Waals surface area contributed by atoms with Crippen molar-refractivity contribution >= 4 is 161 Å². The van der Waals surface area contributed by atoms with Gasteiger partial charge in [0.05, 0.1) is 119 Å². The molecule has 6 aliphatic heterocycles. The minimum Gasteiger partial charge on any atom is -0.354 e. The Morgan fingerprint density at radius 2 is 0.604 bits per heavy atom. The van der Waals surface area contributed by atoms with Crippen LogP contribution in [-0.4, -0.2) is 89.3 Å². The van der Waals surface area contributed by atoms with E-state index in [0.717, 1.165) is 233 Å². The number of thiophene rings is 6. The first kappa shape index (κ1) is 99.2. The Hall–Kier alpha value is -9.24. The van der Waals surface area contributed by atoms with Gasteiger partial charge in [-0.2, -0.15) is 0 Å². The van der Waals surface area contributed by atoms with Crippen LogP contribution < -0.4 is 0 Å². The van der Waals surface area contributed by atoms with Crippen LogP contribution in [0.3, 0.4) is 0 Å². The van der Waals surface area contributed by atoms with E-state index in [1.54, 1.807) is 45.3 Å². The van der Waals surface area contributed by atoms with Crippen LogP contribution in [0.15, 0.2) is 130 Å². The van der Waals surface area contributed by atoms with E-state index in [1.165, 1.54) is 112 Å². The summed E-state index contributed by atoms with van der Waals surface area (Å²) in [5.74, 6) is 17.0. The van der Waals surface area contributed by atoms with Crippen molar-refractivity contribution in [1.29, 1.82) is 0 Å². The topological polar surface area (TPSA) is 139 Å². The summed E-state index contributed by atoms with van der Waals surface area (Å²) < 4.78 is 0. The number of carbonyl (C=O) groups is 4. The number of rotatable bonds is 50. The van der Waals surface area contributed by atoms with Crippen molar-refractivity contribution in [2.24, 2.45) is 35.5 Å². The first-order valence-electron chi connectivity index (χ1n) is 51.5. The van der Waals surface area contributed by atoms with Crippen molar-refractivity contribution in [3.05, 3.63) is 203 Å². The van der Waals surface area contributed by atoms with Gasteiger partial charge in [-0.3, -0.25) is 19.2 Å². The third kappa shape index (κ3) is 22.8. The van der Waals surface area contributed by atoms with E-state index in [4.69, 9.17) is 9.97 Å². The van der Waals surface area contributed by atoms with Crippen LogP contribution in [0, 0.1) is 59.2 Å². The van der Waals surface area contributed by atoms with Crippen molar-refractivity contribution in [3.63, 3.8) is 0 Å². The van der Waals surface area contributed by atoms with Crippen LogP contribution in [0.4, 0.5) is 0 Å². The average Bonchev–Trinajstić information content (AvgIpc) is 1.55. The van der Waals surface area contributed by atoms with Crippen molar-refractivity contribution < 1.29 is 19.2 Å². The average molecular weight is 1900 g/mol. The first-order valence-corrected chi connectivity index (χ1v) is 56.5. The monoisotopic (exact) mass is 1900 g/mol. The second-order valence-electron chi connectivity index (χ2n) is 38.2. The maximum absolute atomic E-state index is 15.7. The van der Waals surface area contributed by atoms with Gasteiger partial charge < -0.3 is 29.6 Å². The summed E-state index contributed by atoms with van der Waals surface area (Å²) in [5, 5.41) is 4.12. The molecule has 9 aromatic heterocycles. The molecule has 15 rings (SSSR count). The number of aromatic amines is 2. The number of H-pyrrole nitrogens is 2. The molecule has 0 radical (unpaired) electrons. The summed E-state index contributed by atoms with van der Waals surface area (Å²) in [7, 11) is 0. The van der Waals surface area contributed by atoms with E-state index < -0.39 is 0 Å². The van der Waals surface area contributed by atoms with Crippen molar-refractivity contribution in [3.8, 4) is 44.6 Å². The molecule has 18 heteroatoms. The molecule has 8 bridgehead atoms. The lowest BCUT2D eigenvalue weighted by Crippen LogP contribution is -2.34. The van der Waals surface area contributed by atoms with Gasteiger partial charge in [-0.15, -0.1) is 68.0 Å². The first-order chi connectivity index (χ1) is 65.6. The number of hydrogen-bond acceptors (Lipinski definition) is 12. The predicted molar refractivity (Wildman–Crippen MR) is 573 cm³/mol. The number of nitrogens with zero attached hydrogens (tertiary/aromatic N) is 6. The Kier molecular flexibility index (Phi) is 35.7. The lowest BCUT2D eigenvalue weighted by atomic mass is 9.92. The van der Waals surface area contributed by atoms with Gasteiger partial charge in [0.25, 0.3) is 23.6 Å². The molecule has 2 N–H and O–H groups in total. The lowest BCUT2D eigenvalue weighted by Gasteiger charge is -2.29. The molecule has 12 nitrogen and oxygen atoms in total. The van der Waals surface area contributed by atoms with Crippen LogP contribution >= 0.6 is 68.0 Å². The van der Waals surface area contributed by atoms with Crippen LogP contribution in [-0.2, 0) is 32.0 Å². The minimum absolute atomic E-state index is 0.0836. The molecule has 0 saturated carbocycles. The number of amides is 4. The van der Waals surface area contributed by atoms with Crippen molar-refractivity contribution in [2.45, 2.75) is 301 Å². The fourth-order valence-corrected chi connectivity index (χ4v) is 26.3. The number of carbonyl (C=O) groups excluding carboxylic acids is 4. The molecule has 0 aromatic carbocycles. The molecule has 0 fully saturated rings. The quantitative estimate of drug-likeness (QED) is 0.0288. The van der Waals surface area contributed by atoms with Gasteiger partial charge in [0.1, 0.15) is 0 Å². The Morgan fingerprint density at radius 1 is 0.299 bits per heavy atom. The van der Waals surface area contributed by atoms with Gasteiger partial charge in [0, 0.05) is 67.8 Å². The van der Waals surface area contributed by atoms with Crippen LogP contribution in [0.25, 0.3) is 90.0 Å². The molecule has 9 aromatic rings. The zero-order valence-electron chi connectivity index (χ0n) is 81.8. The highest BCUT2D eigenvalue weighted by Gasteiger charge is 2.52. The second kappa shape index (κ2) is 48.2. The van der Waals surface area contributed by atoms with Gasteiger partial charge >= 0.3 is 0 Å². The number of nitrogens with one attached hydrogen (secondary N) is 2. The summed E-state index contributed by atoms with van der Waals surface area (Å²) in [4.78, 5) is 101. The van der Waals surface area contributed by atoms with Gasteiger partial charge in [-0.05, 0) is 194 Å². The highest BCUT2D eigenvalue weighted by molar-refractivity contribution is 7.16. The van der Waals surface area contributed by atoms with Crippen molar-refractivity contribution in [1.82, 2.24) is 39.5 Å². The second-order valence-corrected chi connectivity index (χ2v) is 44.6. The Labute approximate surface area is 823 Å². The fraction of sp³-hybridized carbons (Fsp3) is 0.483. The molecule has 706 valence electrons. The third-order valence-corrected chi connectivity index (χ3v) is 34.5. The fourth-order valence-electron chi connectivity index (χ4n) is 20.6. The molecule has 6 atom stereocenters. The highest BCUT2D eigenvalue weighted by atomic mass is 32.1. The number of fused-ring (bicyclic) bond motifs is 10. The van der Waals surface area contributed by atoms with Crippen LogP contribution in [0.5, 0.6) is 0 Å². The summed E-state index contributed by atoms with van der Waals surface area (Å²) >= 11 is 10.1. The van der Waals surface area contributed by atoms with E-state index in [1.807, 2.05) is 54.4 Å². The molecule has 134 heavy (non-hydrogen) atoms. The molecule has 4 amide bonds. The molecule has 6 unspecified atom stereocenters. The summed E-state index contributed by atoms with van der Waals surface area (Å²) in [6.45, 7) is 29.3. The molecular weight excluding hydrogens is 1760 g/mol. The van der Waals surface area contributed by atoms with Crippen molar-refractivity contribution in [2.75, 3.05) is 26.2 Å². The van der Waals surface area contributed by atoms with Gasteiger partial charge in [0.15, 0.2) is 0 Å². The Bertz CT molecular complexity index is 5740.